The summed E-state index contributed by atoms with van der Waals surface area (Å²) in [6.07, 6.45) is -4.83. The summed E-state index contributed by atoms with van der Waals surface area (Å²) in [5.74, 6) is -4.92. The molecule has 3 aromatic carbocycles. The van der Waals surface area contributed by atoms with Gasteiger partial charge >= 0.3 is 11.0 Å². The molecule has 3 heterocycles. The standard InChI is InChI=1S/C29H19F4N3O4S2/c30-16-12-10-15(11-13-16)21-22-23(26(39)36(25(22)38)19-9-5-4-8-18(19)29(31,32)33)41-27-24(21)42-28(40)35(27)14-20(37)34-17-6-2-1-3-7-17/h1-13,21-23H,14H2,(H,34,37)/t21-,22-,23+/m0/s1. The second-order valence-corrected chi connectivity index (χ2v) is 11.8. The Labute approximate surface area is 243 Å². The molecule has 1 N–H and O–H groups in total. The van der Waals surface area contributed by atoms with Gasteiger partial charge in [-0.3, -0.25) is 23.7 Å². The number of thioether (sulfide) groups is 1. The number of carbonyl (C=O) groups excluding carboxylic acids is 3. The summed E-state index contributed by atoms with van der Waals surface area (Å²) in [6.45, 7) is -0.400. The van der Waals surface area contributed by atoms with Gasteiger partial charge in [-0.2, -0.15) is 13.2 Å². The number of anilines is 2. The average Bonchev–Trinajstić information content (AvgIpc) is 3.39. The highest BCUT2D eigenvalue weighted by molar-refractivity contribution is 8.00. The minimum Gasteiger partial charge on any atom is -0.325 e. The van der Waals surface area contributed by atoms with Gasteiger partial charge in [-0.15, -0.1) is 0 Å². The topological polar surface area (TPSA) is 88.5 Å². The van der Waals surface area contributed by atoms with Crippen LogP contribution in [0.2, 0.25) is 0 Å². The Morgan fingerprint density at radius 2 is 1.55 bits per heavy atom. The van der Waals surface area contributed by atoms with Gasteiger partial charge in [0.25, 0.3) is 0 Å². The summed E-state index contributed by atoms with van der Waals surface area (Å²) < 4.78 is 56.7. The number of alkyl halides is 3. The van der Waals surface area contributed by atoms with Gasteiger partial charge in [0.05, 0.1) is 22.2 Å². The van der Waals surface area contributed by atoms with Crippen LogP contribution in [0.1, 0.15) is 21.9 Å². The maximum Gasteiger partial charge on any atom is 0.418 e. The third-order valence-electron chi connectivity index (χ3n) is 7.09. The zero-order chi connectivity index (χ0) is 29.8. The molecule has 2 aliphatic heterocycles. The van der Waals surface area contributed by atoms with E-state index in [-0.39, 0.29) is 5.03 Å². The molecule has 0 aliphatic carbocycles. The first-order chi connectivity index (χ1) is 20.0. The molecule has 0 bridgehead atoms. The van der Waals surface area contributed by atoms with Gasteiger partial charge in [-0.1, -0.05) is 65.6 Å². The molecule has 0 saturated carbocycles. The molecule has 1 fully saturated rings. The first-order valence-corrected chi connectivity index (χ1v) is 14.3. The molecule has 2 aliphatic rings. The molecule has 6 rings (SSSR count). The number of rotatable bonds is 5. The maximum atomic E-state index is 13.9. The van der Waals surface area contributed by atoms with Crippen LogP contribution in [0, 0.1) is 11.7 Å². The van der Waals surface area contributed by atoms with E-state index in [9.17, 15) is 36.7 Å². The molecule has 7 nitrogen and oxygen atoms in total. The van der Waals surface area contributed by atoms with Crippen molar-refractivity contribution in [2.75, 3.05) is 10.2 Å². The molecule has 214 valence electrons. The fourth-order valence-electron chi connectivity index (χ4n) is 5.30. The van der Waals surface area contributed by atoms with E-state index in [4.69, 9.17) is 0 Å². The van der Waals surface area contributed by atoms with Gasteiger partial charge in [-0.05, 0) is 42.0 Å². The second kappa shape index (κ2) is 10.6. The number of nitrogens with one attached hydrogen (secondary N) is 1. The second-order valence-electron chi connectivity index (χ2n) is 9.66. The number of imide groups is 1. The molecule has 13 heteroatoms. The third kappa shape index (κ3) is 4.81. The Morgan fingerprint density at radius 3 is 2.24 bits per heavy atom. The van der Waals surface area contributed by atoms with Gasteiger partial charge < -0.3 is 5.32 Å². The number of halogens is 4. The van der Waals surface area contributed by atoms with Gasteiger partial charge in [-0.25, -0.2) is 9.29 Å². The minimum absolute atomic E-state index is 0.260. The lowest BCUT2D eigenvalue weighted by molar-refractivity contribution is -0.137. The summed E-state index contributed by atoms with van der Waals surface area (Å²) in [6, 6.07) is 18.0. The van der Waals surface area contributed by atoms with Crippen molar-refractivity contribution in [3.8, 4) is 0 Å². The van der Waals surface area contributed by atoms with Crippen LogP contribution in [-0.4, -0.2) is 27.5 Å². The van der Waals surface area contributed by atoms with Crippen molar-refractivity contribution in [1.29, 1.82) is 0 Å². The zero-order valence-corrected chi connectivity index (χ0v) is 22.9. The van der Waals surface area contributed by atoms with Crippen LogP contribution in [0.15, 0.2) is 88.7 Å². The van der Waals surface area contributed by atoms with E-state index < -0.39 is 69.5 Å². The number of para-hydroxylation sites is 2. The Morgan fingerprint density at radius 1 is 0.881 bits per heavy atom. The number of thiazole rings is 1. The van der Waals surface area contributed by atoms with Crippen molar-refractivity contribution in [2.45, 2.75) is 28.9 Å². The Hall–Kier alpha value is -4.23. The Kier molecular flexibility index (Phi) is 7.01. The zero-order valence-electron chi connectivity index (χ0n) is 21.3. The van der Waals surface area contributed by atoms with Gasteiger partial charge in [0.2, 0.25) is 17.7 Å². The Bertz CT molecular complexity index is 1770. The fourth-order valence-corrected chi connectivity index (χ4v) is 8.07. The molecular weight excluding hydrogens is 594 g/mol. The van der Waals surface area contributed by atoms with E-state index in [0.29, 0.717) is 21.0 Å². The summed E-state index contributed by atoms with van der Waals surface area (Å²) in [5, 5.41) is 1.76. The number of amides is 3. The van der Waals surface area contributed by atoms with Crippen LogP contribution in [0.25, 0.3) is 0 Å². The van der Waals surface area contributed by atoms with E-state index in [0.717, 1.165) is 53.4 Å². The van der Waals surface area contributed by atoms with Crippen molar-refractivity contribution in [3.63, 3.8) is 0 Å². The summed E-state index contributed by atoms with van der Waals surface area (Å²) in [4.78, 5) is 54.1. The molecule has 0 unspecified atom stereocenters. The smallest absolute Gasteiger partial charge is 0.325 e. The summed E-state index contributed by atoms with van der Waals surface area (Å²) >= 11 is 1.65. The number of nitrogens with zero attached hydrogens (tertiary/aromatic N) is 2. The van der Waals surface area contributed by atoms with Crippen LogP contribution in [0.4, 0.5) is 28.9 Å². The SMILES string of the molecule is O=C(Cn1c2c(sc1=O)[C@@H](c1ccc(F)cc1)[C@@H]1C(=O)N(c3ccccc3C(F)(F)F)C(=O)[C@@H]1S2)Nc1ccccc1. The van der Waals surface area contributed by atoms with Gasteiger partial charge in [0.15, 0.2) is 0 Å². The first kappa shape index (κ1) is 27.9. The highest BCUT2D eigenvalue weighted by Crippen LogP contribution is 2.54. The van der Waals surface area contributed by atoms with Crippen molar-refractivity contribution < 1.29 is 31.9 Å². The van der Waals surface area contributed by atoms with Crippen LogP contribution >= 0.6 is 23.1 Å². The van der Waals surface area contributed by atoms with Gasteiger partial charge in [0.1, 0.15) is 17.6 Å². The molecule has 0 radical (unpaired) electrons. The molecule has 3 atom stereocenters. The average molecular weight is 614 g/mol. The van der Waals surface area contributed by atoms with E-state index in [1.165, 1.54) is 22.8 Å². The number of aromatic nitrogens is 1. The fraction of sp³-hybridized carbons (Fsp3) is 0.172. The lowest BCUT2D eigenvalue weighted by Crippen LogP contribution is -2.33. The number of hydrogen-bond donors (Lipinski definition) is 1. The number of carbonyl (C=O) groups is 3. The number of benzene rings is 3. The molecule has 42 heavy (non-hydrogen) atoms. The molecular formula is C29H19F4N3O4S2. The van der Waals surface area contributed by atoms with Crippen molar-refractivity contribution in [1.82, 2.24) is 4.57 Å². The third-order valence-corrected chi connectivity index (χ3v) is 9.69. The van der Waals surface area contributed by atoms with Crippen LogP contribution < -0.4 is 15.1 Å². The van der Waals surface area contributed by atoms with Crippen LogP contribution in [-0.2, 0) is 27.1 Å². The largest absolute Gasteiger partial charge is 0.418 e. The van der Waals surface area contributed by atoms with Gasteiger partial charge in [0, 0.05) is 16.5 Å². The molecule has 1 aromatic heterocycles. The lowest BCUT2D eigenvalue weighted by atomic mass is 9.83. The quantitative estimate of drug-likeness (QED) is 0.237. The van der Waals surface area contributed by atoms with Crippen molar-refractivity contribution >= 4 is 52.2 Å². The highest BCUT2D eigenvalue weighted by atomic mass is 32.2. The van der Waals surface area contributed by atoms with Crippen molar-refractivity contribution in [3.05, 3.63) is 110 Å². The molecule has 0 spiro atoms. The first-order valence-electron chi connectivity index (χ1n) is 12.6. The molecule has 1 saturated heterocycles. The van der Waals surface area contributed by atoms with Crippen LogP contribution in [0.5, 0.6) is 0 Å². The predicted octanol–water partition coefficient (Wildman–Crippen LogP) is 5.50. The van der Waals surface area contributed by atoms with E-state index >= 15 is 0 Å². The maximum absolute atomic E-state index is 13.9. The van der Waals surface area contributed by atoms with E-state index in [1.54, 1.807) is 30.3 Å². The molecule has 3 amide bonds. The minimum atomic E-state index is -4.83. The number of fused-ring (bicyclic) bond motifs is 2. The highest BCUT2D eigenvalue weighted by Gasteiger charge is 2.57. The summed E-state index contributed by atoms with van der Waals surface area (Å²) in [5.41, 5.74) is -0.817. The predicted molar refractivity (Wildman–Crippen MR) is 149 cm³/mol. The molecule has 4 aromatic rings. The normalized spacial score (nSPS) is 19.9. The monoisotopic (exact) mass is 613 g/mol. The van der Waals surface area contributed by atoms with E-state index in [2.05, 4.69) is 5.32 Å². The van der Waals surface area contributed by atoms with Crippen molar-refractivity contribution in [2.24, 2.45) is 5.92 Å². The number of hydrogen-bond acceptors (Lipinski definition) is 6. The lowest BCUT2D eigenvalue weighted by Gasteiger charge is -2.30. The summed E-state index contributed by atoms with van der Waals surface area (Å²) in [7, 11) is 0. The van der Waals surface area contributed by atoms with E-state index in [1.807, 2.05) is 0 Å². The Balaban J connectivity index is 1.44. The van der Waals surface area contributed by atoms with Crippen LogP contribution in [0.3, 0.4) is 0 Å².